The number of rotatable bonds is 10. The van der Waals surface area contributed by atoms with Crippen LogP contribution in [0, 0.1) is 0 Å². The molecule has 0 saturated carbocycles. The van der Waals surface area contributed by atoms with Crippen molar-refractivity contribution in [3.8, 4) is 0 Å². The fraction of sp³-hybridized carbons (Fsp3) is 0.320. The van der Waals surface area contributed by atoms with E-state index in [4.69, 9.17) is 4.74 Å². The molecule has 0 saturated heterocycles. The molecule has 0 bridgehead atoms. The maximum Gasteiger partial charge on any atom is 0.408 e. The second kappa shape index (κ2) is 15.9. The molecule has 3 atom stereocenters. The van der Waals surface area contributed by atoms with Gasteiger partial charge in [0, 0.05) is 13.3 Å². The van der Waals surface area contributed by atoms with Crippen LogP contribution < -0.4 is 16.0 Å². The van der Waals surface area contributed by atoms with Crippen molar-refractivity contribution < 1.29 is 33.8 Å². The lowest BCUT2D eigenvalue weighted by molar-refractivity contribution is -0.142. The summed E-state index contributed by atoms with van der Waals surface area (Å²) >= 11 is 4.64. The molecular formula is C25H30ClN3O7. The van der Waals surface area contributed by atoms with Crippen LogP contribution in [0.4, 0.5) is 4.79 Å². The van der Waals surface area contributed by atoms with Crippen molar-refractivity contribution in [2.75, 3.05) is 0 Å². The lowest BCUT2D eigenvalue weighted by Gasteiger charge is -2.20. The minimum absolute atomic E-state index is 0.0534. The van der Waals surface area contributed by atoms with Crippen LogP contribution in [0.3, 0.4) is 0 Å². The standard InChI is InChI=1S/C23H27N3O6.C2H3ClO/c1-15(21(28)26-19(22(29)30)13-17-9-5-3-6-10-17)24-20(27)16(2)25-23(31)32-14-18-11-7-4-8-12-18;1-2(3)4/h3-12,15-16,19H,13-14H2,1-2H3,(H,24,27)(H,25,31)(H,26,28)(H,29,30);1H3/t15-,16-,19-;/m0./s1. The van der Waals surface area contributed by atoms with E-state index < -0.39 is 42.0 Å². The van der Waals surface area contributed by atoms with E-state index >= 15 is 0 Å². The van der Waals surface area contributed by atoms with Gasteiger partial charge in [0.2, 0.25) is 17.1 Å². The van der Waals surface area contributed by atoms with Gasteiger partial charge in [0.05, 0.1) is 0 Å². The molecule has 3 amide bonds. The predicted molar refractivity (Wildman–Crippen MR) is 133 cm³/mol. The van der Waals surface area contributed by atoms with E-state index in [-0.39, 0.29) is 18.3 Å². The van der Waals surface area contributed by atoms with Crippen LogP contribution in [0.15, 0.2) is 60.7 Å². The van der Waals surface area contributed by atoms with Gasteiger partial charge in [-0.2, -0.15) is 0 Å². The van der Waals surface area contributed by atoms with Crippen molar-refractivity contribution in [1.82, 2.24) is 16.0 Å². The third-order valence-corrected chi connectivity index (χ3v) is 4.59. The Morgan fingerprint density at radius 3 is 1.75 bits per heavy atom. The molecular weight excluding hydrogens is 490 g/mol. The molecule has 0 spiro atoms. The number of hydrogen-bond donors (Lipinski definition) is 4. The average Bonchev–Trinajstić information content (AvgIpc) is 2.83. The molecule has 0 aliphatic rings. The van der Waals surface area contributed by atoms with Crippen molar-refractivity contribution in [3.63, 3.8) is 0 Å². The molecule has 11 heteroatoms. The molecule has 0 heterocycles. The highest BCUT2D eigenvalue weighted by Crippen LogP contribution is 2.04. The van der Waals surface area contributed by atoms with Crippen molar-refractivity contribution >= 4 is 40.7 Å². The van der Waals surface area contributed by atoms with Crippen LogP contribution in [0.2, 0.25) is 0 Å². The molecule has 36 heavy (non-hydrogen) atoms. The Hall–Kier alpha value is -3.92. The number of alkyl carbamates (subject to hydrolysis) is 1. The number of carboxylic acids is 1. The summed E-state index contributed by atoms with van der Waals surface area (Å²) in [7, 11) is 0. The Kier molecular flexibility index (Phi) is 13.3. The van der Waals surface area contributed by atoms with Gasteiger partial charge < -0.3 is 25.8 Å². The van der Waals surface area contributed by atoms with E-state index in [9.17, 15) is 29.1 Å². The van der Waals surface area contributed by atoms with Crippen LogP contribution in [-0.4, -0.2) is 52.4 Å². The number of aliphatic carboxylic acids is 1. The maximum atomic E-state index is 12.4. The summed E-state index contributed by atoms with van der Waals surface area (Å²) in [6.07, 6.45) is -0.671. The molecule has 0 unspecified atom stereocenters. The number of carbonyl (C=O) groups excluding carboxylic acids is 4. The van der Waals surface area contributed by atoms with Gasteiger partial charge in [-0.25, -0.2) is 9.59 Å². The highest BCUT2D eigenvalue weighted by Gasteiger charge is 2.26. The third kappa shape index (κ3) is 12.5. The molecule has 0 aliphatic carbocycles. The van der Waals surface area contributed by atoms with Crippen LogP contribution in [0.25, 0.3) is 0 Å². The summed E-state index contributed by atoms with van der Waals surface area (Å²) in [6, 6.07) is 14.8. The van der Waals surface area contributed by atoms with Crippen molar-refractivity contribution in [2.24, 2.45) is 0 Å². The summed E-state index contributed by atoms with van der Waals surface area (Å²) in [4.78, 5) is 57.3. The van der Waals surface area contributed by atoms with Gasteiger partial charge in [-0.1, -0.05) is 60.7 Å². The quantitative estimate of drug-likeness (QED) is 0.352. The average molecular weight is 520 g/mol. The second-order valence-corrected chi connectivity index (χ2v) is 8.25. The fourth-order valence-electron chi connectivity index (χ4n) is 2.76. The Bertz CT molecular complexity index is 1010. The number of hydrogen-bond acceptors (Lipinski definition) is 6. The molecule has 2 aromatic carbocycles. The van der Waals surface area contributed by atoms with Gasteiger partial charge >= 0.3 is 12.1 Å². The van der Waals surface area contributed by atoms with Crippen LogP contribution >= 0.6 is 11.6 Å². The summed E-state index contributed by atoms with van der Waals surface area (Å²) < 4.78 is 5.06. The summed E-state index contributed by atoms with van der Waals surface area (Å²) in [5.41, 5.74) is 1.55. The molecule has 2 aromatic rings. The largest absolute Gasteiger partial charge is 0.480 e. The number of amides is 3. The zero-order valence-electron chi connectivity index (χ0n) is 20.2. The van der Waals surface area contributed by atoms with Crippen LogP contribution in [-0.2, 0) is 36.9 Å². The van der Waals surface area contributed by atoms with Gasteiger partial charge in [-0.05, 0) is 36.6 Å². The third-order valence-electron chi connectivity index (χ3n) is 4.59. The molecule has 4 N–H and O–H groups in total. The lowest BCUT2D eigenvalue weighted by Crippen LogP contribution is -2.54. The minimum atomic E-state index is -1.18. The first kappa shape index (κ1) is 30.1. The van der Waals surface area contributed by atoms with Crippen molar-refractivity contribution in [1.29, 1.82) is 0 Å². The first-order valence-corrected chi connectivity index (χ1v) is 11.4. The number of carboxylic acid groups (broad SMARTS) is 1. The molecule has 0 fully saturated rings. The zero-order chi connectivity index (χ0) is 27.1. The zero-order valence-corrected chi connectivity index (χ0v) is 21.0. The number of nitrogens with one attached hydrogen (secondary N) is 3. The van der Waals surface area contributed by atoms with Crippen molar-refractivity contribution in [2.45, 2.75) is 51.9 Å². The second-order valence-electron chi connectivity index (χ2n) is 7.72. The SMILES string of the molecule is CC(=O)Cl.C[C@H](NC(=O)OCc1ccccc1)C(=O)N[C@@H](C)C(=O)N[C@@H](Cc1ccccc1)C(=O)O. The molecule has 0 radical (unpaired) electrons. The molecule has 10 nitrogen and oxygen atoms in total. The van der Waals surface area contributed by atoms with E-state index in [2.05, 4.69) is 27.6 Å². The molecule has 0 aliphatic heterocycles. The van der Waals surface area contributed by atoms with Gasteiger partial charge in [0.1, 0.15) is 24.7 Å². The summed E-state index contributed by atoms with van der Waals surface area (Å²) in [5.74, 6) is -2.45. The minimum Gasteiger partial charge on any atom is -0.480 e. The fourth-order valence-corrected chi connectivity index (χ4v) is 2.76. The van der Waals surface area contributed by atoms with Gasteiger partial charge in [-0.3, -0.25) is 14.4 Å². The van der Waals surface area contributed by atoms with Crippen LogP contribution in [0.5, 0.6) is 0 Å². The van der Waals surface area contributed by atoms with Crippen molar-refractivity contribution in [3.05, 3.63) is 71.8 Å². The number of ether oxygens (including phenoxy) is 1. The van der Waals surface area contributed by atoms with E-state index in [0.717, 1.165) is 11.1 Å². The topological polar surface area (TPSA) is 151 Å². The van der Waals surface area contributed by atoms with Crippen LogP contribution in [0.1, 0.15) is 31.9 Å². The Morgan fingerprint density at radius 1 is 0.806 bits per heavy atom. The number of benzene rings is 2. The maximum absolute atomic E-state index is 12.4. The van der Waals surface area contributed by atoms with E-state index in [1.165, 1.54) is 20.8 Å². The van der Waals surface area contributed by atoms with Gasteiger partial charge in [0.25, 0.3) is 0 Å². The smallest absolute Gasteiger partial charge is 0.408 e. The normalized spacial score (nSPS) is 12.4. The first-order valence-electron chi connectivity index (χ1n) is 11.0. The Morgan fingerprint density at radius 2 is 1.25 bits per heavy atom. The Balaban J connectivity index is 0.00000150. The molecule has 194 valence electrons. The molecule has 0 aromatic heterocycles. The monoisotopic (exact) mass is 519 g/mol. The predicted octanol–water partition coefficient (Wildman–Crippen LogP) is 2.39. The molecule has 2 rings (SSSR count). The van der Waals surface area contributed by atoms with E-state index in [1.54, 1.807) is 36.4 Å². The summed E-state index contributed by atoms with van der Waals surface area (Å²) in [6.45, 7) is 4.22. The van der Waals surface area contributed by atoms with E-state index in [1.807, 2.05) is 24.3 Å². The summed E-state index contributed by atoms with van der Waals surface area (Å²) in [5, 5.41) is 16.3. The Labute approximate surface area is 214 Å². The van der Waals surface area contributed by atoms with Gasteiger partial charge in [-0.15, -0.1) is 0 Å². The lowest BCUT2D eigenvalue weighted by atomic mass is 10.1. The first-order chi connectivity index (χ1) is 17.0. The number of halogens is 1. The van der Waals surface area contributed by atoms with E-state index in [0.29, 0.717) is 0 Å². The highest BCUT2D eigenvalue weighted by molar-refractivity contribution is 6.62. The highest BCUT2D eigenvalue weighted by atomic mass is 35.5. The van der Waals surface area contributed by atoms with Gasteiger partial charge in [0.15, 0.2) is 0 Å². The number of carbonyl (C=O) groups is 5.